The minimum absolute atomic E-state index is 0.856. The zero-order valence-corrected chi connectivity index (χ0v) is 8.84. The fourth-order valence-electron chi connectivity index (χ4n) is 1.36. The molecule has 0 atom stereocenters. The van der Waals surface area contributed by atoms with Crippen molar-refractivity contribution in [3.8, 4) is 16.9 Å². The van der Waals surface area contributed by atoms with Gasteiger partial charge in [0, 0.05) is 0 Å². The van der Waals surface area contributed by atoms with Gasteiger partial charge in [0.1, 0.15) is 0 Å². The molecule has 0 unspecified atom stereocenters. The van der Waals surface area contributed by atoms with Gasteiger partial charge >= 0.3 is 91.9 Å². The van der Waals surface area contributed by atoms with Crippen LogP contribution in [-0.4, -0.2) is 16.6 Å². The quantitative estimate of drug-likeness (QED) is 0.671. The Morgan fingerprint density at radius 2 is 1.29 bits per heavy atom. The van der Waals surface area contributed by atoms with Gasteiger partial charge in [0.25, 0.3) is 0 Å². The Morgan fingerprint density at radius 1 is 0.714 bits per heavy atom. The molecule has 0 radical (unpaired) electrons. The van der Waals surface area contributed by atoms with Gasteiger partial charge in [-0.25, -0.2) is 0 Å². The number of benzene rings is 2. The standard InChI is InChI=1S/C12H10O.Al/c13-12-8-6-11(7-9-12)10-4-2-1-3-5-10;/h1-9,13H;/q;+3/p-1. The first kappa shape index (κ1) is 9.33. The summed E-state index contributed by atoms with van der Waals surface area (Å²) < 4.78 is 5.02. The second kappa shape index (κ2) is 4.33. The third kappa shape index (κ3) is 1.98. The summed E-state index contributed by atoms with van der Waals surface area (Å²) in [6.45, 7) is 0. The first-order chi connectivity index (χ1) is 6.90. The molecule has 0 N–H and O–H groups in total. The van der Waals surface area contributed by atoms with E-state index in [1.807, 2.05) is 30.3 Å². The van der Waals surface area contributed by atoms with Gasteiger partial charge in [-0.1, -0.05) is 0 Å². The zero-order chi connectivity index (χ0) is 9.80. The number of hydrogen-bond donors (Lipinski definition) is 0. The van der Waals surface area contributed by atoms with E-state index in [4.69, 9.17) is 3.79 Å². The maximum atomic E-state index is 5.02. The van der Waals surface area contributed by atoms with Crippen molar-refractivity contribution in [2.24, 2.45) is 0 Å². The SMILES string of the molecule is [Al+2][O]c1ccc(-c2ccccc2)cc1. The first-order valence-corrected chi connectivity index (χ1v) is 4.89. The fourth-order valence-corrected chi connectivity index (χ4v) is 1.51. The van der Waals surface area contributed by atoms with Crippen LogP contribution in [0.5, 0.6) is 5.75 Å². The molecule has 1 nitrogen and oxygen atoms in total. The van der Waals surface area contributed by atoms with Gasteiger partial charge in [-0.15, -0.1) is 0 Å². The Bertz CT molecular complexity index is 394. The van der Waals surface area contributed by atoms with E-state index in [2.05, 4.69) is 40.9 Å². The first-order valence-electron chi connectivity index (χ1n) is 4.42. The molecular weight excluding hydrogens is 187 g/mol. The number of rotatable bonds is 2. The van der Waals surface area contributed by atoms with Crippen molar-refractivity contribution in [2.75, 3.05) is 0 Å². The van der Waals surface area contributed by atoms with E-state index in [0.717, 1.165) is 5.75 Å². The molecule has 2 aromatic carbocycles. The van der Waals surface area contributed by atoms with Gasteiger partial charge in [-0.05, 0) is 0 Å². The Morgan fingerprint density at radius 3 is 1.86 bits per heavy atom. The average Bonchev–Trinajstić information content (AvgIpc) is 2.30. The predicted octanol–water partition coefficient (Wildman–Crippen LogP) is 2.82. The van der Waals surface area contributed by atoms with Crippen LogP contribution in [0.4, 0.5) is 0 Å². The Hall–Kier alpha value is -1.23. The molecule has 2 rings (SSSR count). The summed E-state index contributed by atoms with van der Waals surface area (Å²) in [7, 11) is 0. The molecule has 0 aliphatic heterocycles. The molecule has 0 aliphatic carbocycles. The van der Waals surface area contributed by atoms with Crippen LogP contribution >= 0.6 is 0 Å². The van der Waals surface area contributed by atoms with E-state index in [0.29, 0.717) is 0 Å². The molecule has 2 heteroatoms. The molecule has 0 heterocycles. The van der Waals surface area contributed by atoms with Crippen molar-refractivity contribution in [3.63, 3.8) is 0 Å². The van der Waals surface area contributed by atoms with Crippen molar-refractivity contribution >= 4 is 16.6 Å². The Balaban J connectivity index is 2.34. The number of hydrogen-bond acceptors (Lipinski definition) is 1. The molecule has 0 aromatic heterocycles. The summed E-state index contributed by atoms with van der Waals surface area (Å²) in [5.41, 5.74) is 2.43. The van der Waals surface area contributed by atoms with E-state index in [1.54, 1.807) is 0 Å². The van der Waals surface area contributed by atoms with E-state index in [-0.39, 0.29) is 0 Å². The Labute approximate surface area is 92.1 Å². The van der Waals surface area contributed by atoms with Gasteiger partial charge in [-0.3, -0.25) is 0 Å². The predicted molar refractivity (Wildman–Crippen MR) is 58.3 cm³/mol. The topological polar surface area (TPSA) is 9.23 Å². The molecule has 0 saturated carbocycles. The van der Waals surface area contributed by atoms with Crippen molar-refractivity contribution in [3.05, 3.63) is 54.6 Å². The molecule has 0 aliphatic rings. The van der Waals surface area contributed by atoms with Crippen LogP contribution < -0.4 is 3.79 Å². The van der Waals surface area contributed by atoms with Crippen LogP contribution in [0.2, 0.25) is 0 Å². The van der Waals surface area contributed by atoms with Crippen LogP contribution in [0.3, 0.4) is 0 Å². The summed E-state index contributed by atoms with van der Waals surface area (Å²) in [6, 6.07) is 18.3. The second-order valence-electron chi connectivity index (χ2n) is 3.01. The third-order valence-electron chi connectivity index (χ3n) is 2.10. The van der Waals surface area contributed by atoms with Crippen molar-refractivity contribution in [2.45, 2.75) is 0 Å². The van der Waals surface area contributed by atoms with Crippen LogP contribution in [0, 0.1) is 0 Å². The van der Waals surface area contributed by atoms with Crippen LogP contribution in [0.25, 0.3) is 11.1 Å². The molecular formula is C12H9AlO+2. The summed E-state index contributed by atoms with van der Waals surface area (Å²) in [5, 5.41) is 0. The van der Waals surface area contributed by atoms with E-state index >= 15 is 0 Å². The summed E-state index contributed by atoms with van der Waals surface area (Å²) in [5.74, 6) is 0.856. The summed E-state index contributed by atoms with van der Waals surface area (Å²) >= 11 is 2.24. The fraction of sp³-hybridized carbons (Fsp3) is 0. The average molecular weight is 196 g/mol. The van der Waals surface area contributed by atoms with Gasteiger partial charge in [0.05, 0.1) is 0 Å². The maximum absolute atomic E-state index is 5.02. The van der Waals surface area contributed by atoms with E-state index in [9.17, 15) is 0 Å². The molecule has 0 fully saturated rings. The second-order valence-corrected chi connectivity index (χ2v) is 3.24. The van der Waals surface area contributed by atoms with Gasteiger partial charge < -0.3 is 0 Å². The molecule has 14 heavy (non-hydrogen) atoms. The van der Waals surface area contributed by atoms with Crippen LogP contribution in [0.1, 0.15) is 0 Å². The van der Waals surface area contributed by atoms with Gasteiger partial charge in [0.15, 0.2) is 0 Å². The minimum atomic E-state index is 0.856. The monoisotopic (exact) mass is 196 g/mol. The van der Waals surface area contributed by atoms with E-state index < -0.39 is 0 Å². The molecule has 0 bridgehead atoms. The summed E-state index contributed by atoms with van der Waals surface area (Å²) in [4.78, 5) is 0. The zero-order valence-electron chi connectivity index (χ0n) is 7.68. The third-order valence-corrected chi connectivity index (χ3v) is 2.37. The molecule has 2 aromatic rings. The molecule has 0 amide bonds. The van der Waals surface area contributed by atoms with E-state index in [1.165, 1.54) is 11.1 Å². The molecule has 0 saturated heterocycles. The van der Waals surface area contributed by atoms with Crippen molar-refractivity contribution in [1.29, 1.82) is 0 Å². The van der Waals surface area contributed by atoms with Crippen molar-refractivity contribution < 1.29 is 3.79 Å². The molecule has 0 spiro atoms. The van der Waals surface area contributed by atoms with Crippen molar-refractivity contribution in [1.82, 2.24) is 0 Å². The molecule has 64 valence electrons. The van der Waals surface area contributed by atoms with Crippen LogP contribution in [-0.2, 0) is 0 Å². The Kier molecular flexibility index (Phi) is 2.88. The van der Waals surface area contributed by atoms with Crippen LogP contribution in [0.15, 0.2) is 54.6 Å². The van der Waals surface area contributed by atoms with Gasteiger partial charge in [0.2, 0.25) is 0 Å². The normalized spacial score (nSPS) is 9.86. The van der Waals surface area contributed by atoms with Gasteiger partial charge in [-0.2, -0.15) is 0 Å². The summed E-state index contributed by atoms with van der Waals surface area (Å²) in [6.07, 6.45) is 0.